The van der Waals surface area contributed by atoms with Gasteiger partial charge >= 0.3 is 0 Å². The van der Waals surface area contributed by atoms with Crippen LogP contribution in [0.15, 0.2) is 71.9 Å². The quantitative estimate of drug-likeness (QED) is 0.309. The molecule has 0 aliphatic heterocycles. The molecule has 0 saturated carbocycles. The van der Waals surface area contributed by atoms with Gasteiger partial charge in [0.25, 0.3) is 5.91 Å². The third kappa shape index (κ3) is 6.56. The summed E-state index contributed by atoms with van der Waals surface area (Å²) in [7, 11) is 1.58. The van der Waals surface area contributed by atoms with Crippen molar-refractivity contribution in [1.82, 2.24) is 20.1 Å². The molecule has 8 nitrogen and oxygen atoms in total. The predicted octanol–water partition coefficient (Wildman–Crippen LogP) is 4.86. The lowest BCUT2D eigenvalue weighted by Gasteiger charge is -2.14. The Morgan fingerprint density at radius 2 is 1.70 bits per heavy atom. The van der Waals surface area contributed by atoms with Crippen LogP contribution < -0.4 is 15.4 Å². The fraction of sp³-hybridized carbons (Fsp3) is 0.214. The number of nitrogens with zero attached hydrogens (tertiary/aromatic N) is 3. The molecule has 0 bridgehead atoms. The Bertz CT molecular complexity index is 1420. The summed E-state index contributed by atoms with van der Waals surface area (Å²) in [6.45, 7) is 6.17. The summed E-state index contributed by atoms with van der Waals surface area (Å²) < 4.78 is 7.06. The van der Waals surface area contributed by atoms with E-state index in [1.54, 1.807) is 31.4 Å². The molecule has 9 heteroatoms. The maximum atomic E-state index is 12.7. The van der Waals surface area contributed by atoms with Crippen molar-refractivity contribution in [3.8, 4) is 11.4 Å². The topological polar surface area (TPSA) is 98.1 Å². The van der Waals surface area contributed by atoms with Crippen LogP contribution in [0, 0.1) is 20.8 Å². The zero-order chi connectivity index (χ0) is 26.4. The minimum Gasteiger partial charge on any atom is -0.497 e. The van der Waals surface area contributed by atoms with E-state index in [4.69, 9.17) is 4.74 Å². The van der Waals surface area contributed by atoms with Crippen LogP contribution in [0.4, 0.5) is 5.69 Å². The largest absolute Gasteiger partial charge is 0.497 e. The molecule has 1 aromatic heterocycles. The Morgan fingerprint density at radius 3 is 2.43 bits per heavy atom. The summed E-state index contributed by atoms with van der Waals surface area (Å²) in [6, 6.07) is 20.7. The first-order valence-corrected chi connectivity index (χ1v) is 12.8. The molecule has 1 heterocycles. The van der Waals surface area contributed by atoms with Gasteiger partial charge < -0.3 is 15.4 Å². The highest BCUT2D eigenvalue weighted by atomic mass is 32.2. The van der Waals surface area contributed by atoms with Crippen molar-refractivity contribution in [2.24, 2.45) is 0 Å². The molecule has 0 spiro atoms. The maximum absolute atomic E-state index is 12.7. The monoisotopic (exact) mass is 515 g/mol. The summed E-state index contributed by atoms with van der Waals surface area (Å²) in [4.78, 5) is 25.4. The number of hydrogen-bond donors (Lipinski definition) is 2. The molecule has 2 N–H and O–H groups in total. The van der Waals surface area contributed by atoms with Crippen LogP contribution in [0.5, 0.6) is 5.75 Å². The van der Waals surface area contributed by atoms with Gasteiger partial charge in [0.1, 0.15) is 5.75 Å². The van der Waals surface area contributed by atoms with Crippen LogP contribution in [0.1, 0.15) is 32.9 Å². The Labute approximate surface area is 220 Å². The smallest absolute Gasteiger partial charge is 0.251 e. The molecule has 0 fully saturated rings. The minimum absolute atomic E-state index is 0.138. The number of rotatable bonds is 9. The molecule has 0 saturated heterocycles. The number of hydrogen-bond acceptors (Lipinski definition) is 6. The van der Waals surface area contributed by atoms with Gasteiger partial charge in [-0.1, -0.05) is 36.0 Å². The van der Waals surface area contributed by atoms with E-state index in [1.165, 1.54) is 11.8 Å². The van der Waals surface area contributed by atoms with Gasteiger partial charge in [-0.2, -0.15) is 0 Å². The fourth-order valence-corrected chi connectivity index (χ4v) is 4.53. The normalized spacial score (nSPS) is 10.7. The molecule has 4 rings (SSSR count). The Hall–Kier alpha value is -4.11. The van der Waals surface area contributed by atoms with Crippen LogP contribution in [-0.4, -0.2) is 39.4 Å². The van der Waals surface area contributed by atoms with Crippen molar-refractivity contribution in [3.05, 3.63) is 94.8 Å². The molecule has 4 aromatic rings. The van der Waals surface area contributed by atoms with E-state index in [0.29, 0.717) is 22.3 Å². The van der Waals surface area contributed by atoms with Gasteiger partial charge in [0.05, 0.1) is 25.1 Å². The van der Waals surface area contributed by atoms with Gasteiger partial charge in [-0.25, -0.2) is 0 Å². The van der Waals surface area contributed by atoms with E-state index in [9.17, 15) is 9.59 Å². The SMILES string of the molecule is COc1ccc(C(=O)NCc2nnc(SCC(=O)Nc3cccc(C)c3)n2-c2cc(C)ccc2C)cc1. The molecule has 0 aliphatic carbocycles. The van der Waals surface area contributed by atoms with E-state index in [1.807, 2.05) is 67.8 Å². The van der Waals surface area contributed by atoms with E-state index in [0.717, 1.165) is 28.1 Å². The van der Waals surface area contributed by atoms with Crippen molar-refractivity contribution in [3.63, 3.8) is 0 Å². The predicted molar refractivity (Wildman–Crippen MR) is 146 cm³/mol. The zero-order valence-corrected chi connectivity index (χ0v) is 22.1. The minimum atomic E-state index is -0.232. The average molecular weight is 516 g/mol. The van der Waals surface area contributed by atoms with E-state index in [2.05, 4.69) is 20.8 Å². The Balaban J connectivity index is 1.53. The number of benzene rings is 3. The van der Waals surface area contributed by atoms with Crippen molar-refractivity contribution >= 4 is 29.3 Å². The number of methoxy groups -OCH3 is 1. The molecule has 37 heavy (non-hydrogen) atoms. The first-order valence-electron chi connectivity index (χ1n) is 11.8. The number of amides is 2. The summed E-state index contributed by atoms with van der Waals surface area (Å²) in [5, 5.41) is 15.1. The molecule has 0 aliphatic rings. The summed E-state index contributed by atoms with van der Waals surface area (Å²) in [5.41, 5.74) is 5.35. The third-order valence-corrected chi connectivity index (χ3v) is 6.63. The lowest BCUT2D eigenvalue weighted by atomic mass is 10.1. The highest BCUT2D eigenvalue weighted by Crippen LogP contribution is 2.25. The Morgan fingerprint density at radius 1 is 0.946 bits per heavy atom. The highest BCUT2D eigenvalue weighted by molar-refractivity contribution is 7.99. The number of aryl methyl sites for hydroxylation is 3. The number of carbonyl (C=O) groups excluding carboxylic acids is 2. The van der Waals surface area contributed by atoms with Gasteiger partial charge in [0.15, 0.2) is 11.0 Å². The van der Waals surface area contributed by atoms with Gasteiger partial charge in [0, 0.05) is 11.3 Å². The van der Waals surface area contributed by atoms with Crippen molar-refractivity contribution in [1.29, 1.82) is 0 Å². The van der Waals surface area contributed by atoms with Crippen molar-refractivity contribution in [2.75, 3.05) is 18.2 Å². The number of carbonyl (C=O) groups is 2. The van der Waals surface area contributed by atoms with Gasteiger partial charge in [-0.15, -0.1) is 10.2 Å². The fourth-order valence-electron chi connectivity index (χ4n) is 3.76. The van der Waals surface area contributed by atoms with Gasteiger partial charge in [0.2, 0.25) is 5.91 Å². The second-order valence-corrected chi connectivity index (χ2v) is 9.58. The van der Waals surface area contributed by atoms with E-state index < -0.39 is 0 Å². The number of anilines is 1. The van der Waals surface area contributed by atoms with Crippen LogP contribution in [0.3, 0.4) is 0 Å². The lowest BCUT2D eigenvalue weighted by molar-refractivity contribution is -0.113. The molecule has 2 amide bonds. The summed E-state index contributed by atoms with van der Waals surface area (Å²) >= 11 is 1.29. The van der Waals surface area contributed by atoms with Crippen LogP contribution in [0.25, 0.3) is 5.69 Å². The Kier molecular flexibility index (Phi) is 8.25. The molecule has 0 radical (unpaired) electrons. The van der Waals surface area contributed by atoms with Gasteiger partial charge in [-0.3, -0.25) is 14.2 Å². The maximum Gasteiger partial charge on any atom is 0.251 e. The number of nitrogens with one attached hydrogen (secondary N) is 2. The van der Waals surface area contributed by atoms with Crippen LogP contribution in [-0.2, 0) is 11.3 Å². The summed E-state index contributed by atoms with van der Waals surface area (Å²) in [5.74, 6) is 1.04. The van der Waals surface area contributed by atoms with Crippen molar-refractivity contribution in [2.45, 2.75) is 32.5 Å². The van der Waals surface area contributed by atoms with E-state index >= 15 is 0 Å². The second kappa shape index (κ2) is 11.7. The number of ether oxygens (including phenoxy) is 1. The first-order chi connectivity index (χ1) is 17.8. The number of aromatic nitrogens is 3. The molecule has 190 valence electrons. The molecule has 0 unspecified atom stereocenters. The third-order valence-electron chi connectivity index (χ3n) is 5.70. The summed E-state index contributed by atoms with van der Waals surface area (Å²) in [6.07, 6.45) is 0. The number of thioether (sulfide) groups is 1. The van der Waals surface area contributed by atoms with Gasteiger partial charge in [-0.05, 0) is 79.9 Å². The molecular weight excluding hydrogens is 486 g/mol. The standard InChI is InChI=1S/C28H29N5O3S/c1-18-6-5-7-22(14-18)30-26(34)17-37-28-32-31-25(33(28)24-15-19(2)8-9-20(24)3)16-29-27(35)21-10-12-23(36-4)13-11-21/h5-15H,16-17H2,1-4H3,(H,29,35)(H,30,34). The zero-order valence-electron chi connectivity index (χ0n) is 21.2. The molecular formula is C28H29N5O3S. The van der Waals surface area contributed by atoms with Crippen LogP contribution in [0.2, 0.25) is 0 Å². The second-order valence-electron chi connectivity index (χ2n) is 8.64. The van der Waals surface area contributed by atoms with Crippen molar-refractivity contribution < 1.29 is 14.3 Å². The highest BCUT2D eigenvalue weighted by Gasteiger charge is 2.18. The first kappa shape index (κ1) is 26.0. The average Bonchev–Trinajstić information content (AvgIpc) is 3.30. The van der Waals surface area contributed by atoms with E-state index in [-0.39, 0.29) is 24.1 Å². The van der Waals surface area contributed by atoms with Crippen LogP contribution >= 0.6 is 11.8 Å². The molecule has 0 atom stereocenters. The lowest BCUT2D eigenvalue weighted by Crippen LogP contribution is -2.24. The molecule has 3 aromatic carbocycles.